The summed E-state index contributed by atoms with van der Waals surface area (Å²) < 4.78 is 5.74. The first-order chi connectivity index (χ1) is 14.9. The van der Waals surface area contributed by atoms with Crippen LogP contribution in [-0.4, -0.2) is 46.8 Å². The molecule has 2 fully saturated rings. The fraction of sp³-hybridized carbons (Fsp3) is 0.375. The van der Waals surface area contributed by atoms with Gasteiger partial charge in [0.25, 0.3) is 0 Å². The second-order valence-electron chi connectivity index (χ2n) is 8.20. The number of nitrogens with zero attached hydrogens (tertiary/aromatic N) is 2. The standard InChI is InChI=1S/C24H27N3O4/c1-16-8-10-18(11-9-16)15-27-21(23(29)26-12-3-4-13-26)22(31-24(27)30)19-6-5-7-20(14-19)25-17(2)28/h5-11,14,21-22H,3-4,12-13,15H2,1-2H3,(H,25,28). The normalized spacial score (nSPS) is 20.6. The largest absolute Gasteiger partial charge is 0.438 e. The Morgan fingerprint density at radius 3 is 2.48 bits per heavy atom. The first-order valence-electron chi connectivity index (χ1n) is 10.6. The summed E-state index contributed by atoms with van der Waals surface area (Å²) in [5, 5.41) is 2.75. The van der Waals surface area contributed by atoms with Crippen LogP contribution in [0.3, 0.4) is 0 Å². The molecular formula is C24H27N3O4. The average molecular weight is 421 g/mol. The van der Waals surface area contributed by atoms with Crippen molar-refractivity contribution in [3.05, 3.63) is 65.2 Å². The van der Waals surface area contributed by atoms with E-state index in [0.717, 1.165) is 24.0 Å². The number of hydrogen-bond donors (Lipinski definition) is 1. The van der Waals surface area contributed by atoms with E-state index in [0.29, 0.717) is 30.9 Å². The fourth-order valence-corrected chi connectivity index (χ4v) is 4.21. The summed E-state index contributed by atoms with van der Waals surface area (Å²) in [5.41, 5.74) is 3.36. The molecule has 162 valence electrons. The van der Waals surface area contributed by atoms with Crippen LogP contribution in [0.2, 0.25) is 0 Å². The highest BCUT2D eigenvalue weighted by molar-refractivity contribution is 5.90. The molecule has 2 atom stereocenters. The molecule has 4 rings (SSSR count). The van der Waals surface area contributed by atoms with Crippen molar-refractivity contribution in [2.24, 2.45) is 0 Å². The molecule has 1 N–H and O–H groups in total. The minimum Gasteiger partial charge on any atom is -0.438 e. The van der Waals surface area contributed by atoms with E-state index in [1.54, 1.807) is 18.2 Å². The monoisotopic (exact) mass is 421 g/mol. The number of aryl methyl sites for hydroxylation is 1. The van der Waals surface area contributed by atoms with Gasteiger partial charge in [-0.15, -0.1) is 0 Å². The second kappa shape index (κ2) is 8.79. The zero-order valence-corrected chi connectivity index (χ0v) is 17.8. The summed E-state index contributed by atoms with van der Waals surface area (Å²) in [5.74, 6) is -0.281. The van der Waals surface area contributed by atoms with E-state index in [9.17, 15) is 14.4 Å². The lowest BCUT2D eigenvalue weighted by Crippen LogP contribution is -2.47. The third-order valence-electron chi connectivity index (χ3n) is 5.76. The van der Waals surface area contributed by atoms with E-state index >= 15 is 0 Å². The van der Waals surface area contributed by atoms with Gasteiger partial charge < -0.3 is 15.0 Å². The van der Waals surface area contributed by atoms with Crippen LogP contribution in [0, 0.1) is 6.92 Å². The summed E-state index contributed by atoms with van der Waals surface area (Å²) in [4.78, 5) is 41.2. The number of hydrogen-bond acceptors (Lipinski definition) is 4. The van der Waals surface area contributed by atoms with Crippen LogP contribution in [0.5, 0.6) is 0 Å². The van der Waals surface area contributed by atoms with Gasteiger partial charge >= 0.3 is 6.09 Å². The maximum atomic E-state index is 13.5. The molecule has 2 unspecified atom stereocenters. The first-order valence-corrected chi connectivity index (χ1v) is 10.6. The average Bonchev–Trinajstić information content (AvgIpc) is 3.38. The zero-order chi connectivity index (χ0) is 22.0. The van der Waals surface area contributed by atoms with Crippen molar-refractivity contribution in [2.45, 2.75) is 45.4 Å². The quantitative estimate of drug-likeness (QED) is 0.800. The van der Waals surface area contributed by atoms with Crippen molar-refractivity contribution in [3.63, 3.8) is 0 Å². The van der Waals surface area contributed by atoms with E-state index in [1.165, 1.54) is 11.8 Å². The van der Waals surface area contributed by atoms with Gasteiger partial charge in [0.15, 0.2) is 12.1 Å². The van der Waals surface area contributed by atoms with E-state index in [4.69, 9.17) is 4.74 Å². The lowest BCUT2D eigenvalue weighted by Gasteiger charge is -2.28. The Labute approximate surface area is 182 Å². The Morgan fingerprint density at radius 2 is 1.81 bits per heavy atom. The molecule has 2 aliphatic heterocycles. The Kier molecular flexibility index (Phi) is 5.93. The van der Waals surface area contributed by atoms with Crippen LogP contribution < -0.4 is 5.32 Å². The van der Waals surface area contributed by atoms with Gasteiger partial charge in [-0.05, 0) is 43.0 Å². The Morgan fingerprint density at radius 1 is 1.10 bits per heavy atom. The molecule has 0 radical (unpaired) electrons. The van der Waals surface area contributed by atoms with Crippen LogP contribution in [0.4, 0.5) is 10.5 Å². The number of cyclic esters (lactones) is 1. The lowest BCUT2D eigenvalue weighted by atomic mass is 9.99. The molecule has 0 aliphatic carbocycles. The van der Waals surface area contributed by atoms with Crippen molar-refractivity contribution in [1.82, 2.24) is 9.80 Å². The Bertz CT molecular complexity index is 983. The van der Waals surface area contributed by atoms with Crippen molar-refractivity contribution in [2.75, 3.05) is 18.4 Å². The maximum absolute atomic E-state index is 13.5. The lowest BCUT2D eigenvalue weighted by molar-refractivity contribution is -0.135. The molecule has 7 nitrogen and oxygen atoms in total. The number of anilines is 1. The predicted octanol–water partition coefficient (Wildman–Crippen LogP) is 3.64. The topological polar surface area (TPSA) is 79.0 Å². The summed E-state index contributed by atoms with van der Waals surface area (Å²) in [6.07, 6.45) is 0.690. The van der Waals surface area contributed by atoms with Crippen LogP contribution in [0.1, 0.15) is 42.6 Å². The molecule has 3 amide bonds. The number of amides is 3. The van der Waals surface area contributed by atoms with Crippen molar-refractivity contribution < 1.29 is 19.1 Å². The van der Waals surface area contributed by atoms with Crippen LogP contribution >= 0.6 is 0 Å². The van der Waals surface area contributed by atoms with Gasteiger partial charge in [0.05, 0.1) is 6.54 Å². The summed E-state index contributed by atoms with van der Waals surface area (Å²) in [7, 11) is 0. The summed E-state index contributed by atoms with van der Waals surface area (Å²) in [6.45, 7) is 5.13. The molecule has 2 saturated heterocycles. The van der Waals surface area contributed by atoms with Gasteiger partial charge in [0, 0.05) is 25.7 Å². The summed E-state index contributed by atoms with van der Waals surface area (Å²) >= 11 is 0. The minimum atomic E-state index is -0.750. The molecule has 2 aliphatic rings. The molecule has 0 aromatic heterocycles. The highest BCUT2D eigenvalue weighted by Crippen LogP contribution is 2.36. The van der Waals surface area contributed by atoms with Crippen LogP contribution in [0.15, 0.2) is 48.5 Å². The van der Waals surface area contributed by atoms with E-state index in [2.05, 4.69) is 5.32 Å². The van der Waals surface area contributed by atoms with Gasteiger partial charge in [-0.3, -0.25) is 14.5 Å². The number of nitrogens with one attached hydrogen (secondary N) is 1. The molecule has 7 heteroatoms. The third kappa shape index (κ3) is 4.55. The van der Waals surface area contributed by atoms with E-state index in [-0.39, 0.29) is 11.8 Å². The van der Waals surface area contributed by atoms with Crippen LogP contribution in [-0.2, 0) is 20.9 Å². The van der Waals surface area contributed by atoms with E-state index < -0.39 is 18.2 Å². The zero-order valence-electron chi connectivity index (χ0n) is 17.8. The highest BCUT2D eigenvalue weighted by atomic mass is 16.6. The molecule has 2 heterocycles. The minimum absolute atomic E-state index is 0.0922. The predicted molar refractivity (Wildman–Crippen MR) is 116 cm³/mol. The van der Waals surface area contributed by atoms with Crippen molar-refractivity contribution >= 4 is 23.6 Å². The Hall–Kier alpha value is -3.35. The summed E-state index contributed by atoms with van der Waals surface area (Å²) in [6, 6.07) is 14.3. The number of carbonyl (C=O) groups is 3. The molecule has 0 bridgehead atoms. The second-order valence-corrected chi connectivity index (χ2v) is 8.20. The van der Waals surface area contributed by atoms with Gasteiger partial charge in [0.1, 0.15) is 0 Å². The molecule has 31 heavy (non-hydrogen) atoms. The third-order valence-corrected chi connectivity index (χ3v) is 5.76. The number of carbonyl (C=O) groups excluding carboxylic acids is 3. The molecule has 2 aromatic carbocycles. The number of ether oxygens (including phenoxy) is 1. The molecule has 0 saturated carbocycles. The number of rotatable bonds is 5. The molecule has 2 aromatic rings. The SMILES string of the molecule is CC(=O)Nc1cccc(C2OC(=O)N(Cc3ccc(C)cc3)C2C(=O)N2CCCC2)c1. The smallest absolute Gasteiger partial charge is 0.411 e. The van der Waals surface area contributed by atoms with Crippen LogP contribution in [0.25, 0.3) is 0 Å². The fourth-order valence-electron chi connectivity index (χ4n) is 4.21. The Balaban J connectivity index is 1.66. The first kappa shape index (κ1) is 20.9. The van der Waals surface area contributed by atoms with Crippen molar-refractivity contribution in [1.29, 1.82) is 0 Å². The highest BCUT2D eigenvalue weighted by Gasteiger charge is 2.48. The number of benzene rings is 2. The van der Waals surface area contributed by atoms with Gasteiger partial charge in [-0.25, -0.2) is 4.79 Å². The van der Waals surface area contributed by atoms with Gasteiger partial charge in [0.2, 0.25) is 11.8 Å². The number of likely N-dealkylation sites (tertiary alicyclic amines) is 1. The van der Waals surface area contributed by atoms with E-state index in [1.807, 2.05) is 42.2 Å². The van der Waals surface area contributed by atoms with Crippen molar-refractivity contribution in [3.8, 4) is 0 Å². The molecular weight excluding hydrogens is 394 g/mol. The maximum Gasteiger partial charge on any atom is 0.411 e. The van der Waals surface area contributed by atoms with Gasteiger partial charge in [-0.2, -0.15) is 0 Å². The van der Waals surface area contributed by atoms with Gasteiger partial charge in [-0.1, -0.05) is 42.0 Å². The molecule has 0 spiro atoms.